The second-order valence-corrected chi connectivity index (χ2v) is 12.5. The van der Waals surface area contributed by atoms with E-state index >= 15 is 0 Å². The highest BCUT2D eigenvalue weighted by Crippen LogP contribution is 2.58. The van der Waals surface area contributed by atoms with Gasteiger partial charge in [-0.15, -0.1) is 0 Å². The molecule has 0 saturated carbocycles. The van der Waals surface area contributed by atoms with Crippen LogP contribution in [0.3, 0.4) is 0 Å². The Kier molecular flexibility index (Phi) is 7.31. The average molecular weight is 570 g/mol. The molecule has 2 fully saturated rings. The van der Waals surface area contributed by atoms with E-state index in [1.165, 1.54) is 0 Å². The van der Waals surface area contributed by atoms with Gasteiger partial charge in [0, 0.05) is 25.3 Å². The Bertz CT molecular complexity index is 1410. The van der Waals surface area contributed by atoms with Crippen LogP contribution in [0.1, 0.15) is 32.8 Å². The van der Waals surface area contributed by atoms with Crippen LogP contribution in [-0.2, 0) is 25.7 Å². The summed E-state index contributed by atoms with van der Waals surface area (Å²) in [6.45, 7) is 6.70. The maximum atomic E-state index is 14.7. The van der Waals surface area contributed by atoms with Crippen LogP contribution in [0.2, 0.25) is 0 Å². The Balaban J connectivity index is 1.47. The van der Waals surface area contributed by atoms with Crippen LogP contribution in [0.4, 0.5) is 5.69 Å². The van der Waals surface area contributed by atoms with E-state index in [-0.39, 0.29) is 30.2 Å². The van der Waals surface area contributed by atoms with Crippen molar-refractivity contribution < 1.29 is 24.2 Å². The van der Waals surface area contributed by atoms with E-state index in [0.29, 0.717) is 26.1 Å². The average Bonchev–Trinajstić information content (AvgIpc) is 3.26. The number of aliphatic hydroxyl groups excluding tert-OH is 1. The van der Waals surface area contributed by atoms with Crippen molar-refractivity contribution in [2.75, 3.05) is 24.6 Å². The molecule has 4 aliphatic rings. The number of likely N-dealkylation sites (tertiary alicyclic amines) is 1. The number of anilines is 1. The summed E-state index contributed by atoms with van der Waals surface area (Å²) in [6, 6.07) is 17.6. The van der Waals surface area contributed by atoms with Crippen molar-refractivity contribution >= 4 is 23.4 Å². The molecule has 2 aromatic carbocycles. The van der Waals surface area contributed by atoms with Crippen molar-refractivity contribution in [3.63, 3.8) is 0 Å². The number of carbonyl (C=O) groups is 3. The predicted molar refractivity (Wildman–Crippen MR) is 159 cm³/mol. The molecular weight excluding hydrogens is 530 g/mol. The van der Waals surface area contributed by atoms with Gasteiger partial charge in [0.1, 0.15) is 11.6 Å². The Morgan fingerprint density at radius 2 is 1.55 bits per heavy atom. The summed E-state index contributed by atoms with van der Waals surface area (Å²) in [7, 11) is 0. The number of hydrogen-bond donors (Lipinski definition) is 1. The number of aliphatic hydroxyl groups is 1. The lowest BCUT2D eigenvalue weighted by atomic mass is 9.74. The predicted octanol–water partition coefficient (Wildman–Crippen LogP) is 3.57. The molecule has 3 amide bonds. The fourth-order valence-corrected chi connectivity index (χ4v) is 7.51. The minimum absolute atomic E-state index is 0.172. The standard InChI is InChI=1S/C34H39N3O5/c1-23(2)20-26(22-38)37-29-32(41)35(21-24-12-6-4-7-13-24)18-11-17-34(29)28(31(37)40)27-30(39)36(25-14-8-5-9-15-25)19-10-16-33(27,3)42-34/h4-17,23,26-29,38H,18-22H2,1-3H3/t26-,27+,28+,29?,33-,34+/m1/s1. The zero-order valence-electron chi connectivity index (χ0n) is 24.4. The van der Waals surface area contributed by atoms with Crippen molar-refractivity contribution in [1.29, 1.82) is 0 Å². The normalized spacial score (nSPS) is 31.2. The lowest BCUT2D eigenvalue weighted by Gasteiger charge is -2.40. The number of hydrogen-bond acceptors (Lipinski definition) is 5. The molecule has 42 heavy (non-hydrogen) atoms. The van der Waals surface area contributed by atoms with Crippen molar-refractivity contribution in [2.45, 2.75) is 57.0 Å². The summed E-state index contributed by atoms with van der Waals surface area (Å²) in [5.74, 6) is -2.37. The van der Waals surface area contributed by atoms with Crippen LogP contribution in [0.15, 0.2) is 85.0 Å². The summed E-state index contributed by atoms with van der Waals surface area (Å²) >= 11 is 0. The van der Waals surface area contributed by atoms with Crippen molar-refractivity contribution in [3.8, 4) is 0 Å². The fourth-order valence-electron chi connectivity index (χ4n) is 7.51. The number of ether oxygens (including phenoxy) is 1. The summed E-state index contributed by atoms with van der Waals surface area (Å²) < 4.78 is 6.94. The van der Waals surface area contributed by atoms with E-state index in [0.717, 1.165) is 11.3 Å². The van der Waals surface area contributed by atoms with Gasteiger partial charge in [-0.05, 0) is 37.0 Å². The van der Waals surface area contributed by atoms with Crippen molar-refractivity contribution in [3.05, 3.63) is 90.5 Å². The summed E-state index contributed by atoms with van der Waals surface area (Å²) in [5.41, 5.74) is -0.740. The second kappa shape index (κ2) is 10.8. The first-order valence-corrected chi connectivity index (χ1v) is 14.9. The van der Waals surface area contributed by atoms with Crippen molar-refractivity contribution in [2.24, 2.45) is 17.8 Å². The SMILES string of the molecule is CC(C)C[C@H](CO)N1C(=O)[C@@H]2[C@H]3C(=O)N(c4ccccc4)CC=C[C@@]3(C)O[C@@]23C=CCN(Cc2ccccc2)C(=O)C13. The maximum Gasteiger partial charge on any atom is 0.249 e. The van der Waals surface area contributed by atoms with Crippen LogP contribution in [0.5, 0.6) is 0 Å². The number of rotatable bonds is 7. The molecular formula is C34H39N3O5. The molecule has 2 aromatic rings. The number of nitrogens with zero attached hydrogens (tertiary/aromatic N) is 3. The van der Waals surface area contributed by atoms with E-state index in [2.05, 4.69) is 0 Å². The minimum atomic E-state index is -1.36. The fraction of sp³-hybridized carbons (Fsp3) is 0.441. The van der Waals surface area contributed by atoms with Gasteiger partial charge in [-0.25, -0.2) is 0 Å². The third-order valence-electron chi connectivity index (χ3n) is 9.21. The molecule has 1 spiro atoms. The van der Waals surface area contributed by atoms with Gasteiger partial charge >= 0.3 is 0 Å². The molecule has 8 nitrogen and oxygen atoms in total. The van der Waals surface area contributed by atoms with Crippen LogP contribution in [-0.4, -0.2) is 75.6 Å². The van der Waals surface area contributed by atoms with E-state index < -0.39 is 35.1 Å². The molecule has 1 unspecified atom stereocenters. The Morgan fingerprint density at radius 3 is 2.21 bits per heavy atom. The molecule has 6 atom stereocenters. The summed E-state index contributed by atoms with van der Waals surface area (Å²) in [6.07, 6.45) is 8.09. The van der Waals surface area contributed by atoms with Gasteiger partial charge in [0.15, 0.2) is 0 Å². The highest BCUT2D eigenvalue weighted by molar-refractivity contribution is 6.04. The maximum absolute atomic E-state index is 14.7. The van der Waals surface area contributed by atoms with Crippen molar-refractivity contribution in [1.82, 2.24) is 9.80 Å². The first kappa shape index (κ1) is 28.4. The molecule has 0 bridgehead atoms. The third kappa shape index (κ3) is 4.48. The Morgan fingerprint density at radius 1 is 0.881 bits per heavy atom. The van der Waals surface area contributed by atoms with Crippen LogP contribution < -0.4 is 4.90 Å². The Hall–Kier alpha value is -3.75. The van der Waals surface area contributed by atoms with Gasteiger partial charge in [0.2, 0.25) is 17.7 Å². The first-order valence-electron chi connectivity index (χ1n) is 14.9. The number of benzene rings is 2. The highest BCUT2D eigenvalue weighted by atomic mass is 16.5. The lowest BCUT2D eigenvalue weighted by molar-refractivity contribution is -0.155. The summed E-state index contributed by atoms with van der Waals surface area (Å²) in [4.78, 5) is 48.7. The smallest absolute Gasteiger partial charge is 0.249 e. The largest absolute Gasteiger partial charge is 0.394 e. The third-order valence-corrected chi connectivity index (χ3v) is 9.21. The van der Waals surface area contributed by atoms with Gasteiger partial charge in [0.25, 0.3) is 0 Å². The zero-order chi connectivity index (χ0) is 29.6. The molecule has 0 radical (unpaired) electrons. The minimum Gasteiger partial charge on any atom is -0.394 e. The lowest BCUT2D eigenvalue weighted by Crippen LogP contribution is -2.58. The number of carbonyl (C=O) groups excluding carboxylic acids is 3. The number of para-hydroxylation sites is 1. The molecule has 6 rings (SSSR count). The molecule has 1 N–H and O–H groups in total. The summed E-state index contributed by atoms with van der Waals surface area (Å²) in [5, 5.41) is 10.6. The zero-order valence-corrected chi connectivity index (χ0v) is 24.4. The Labute approximate surface area is 247 Å². The van der Waals surface area contributed by atoms with Crippen LogP contribution >= 0.6 is 0 Å². The monoisotopic (exact) mass is 569 g/mol. The van der Waals surface area contributed by atoms with E-state index in [1.807, 2.05) is 106 Å². The molecule has 4 aliphatic heterocycles. The van der Waals surface area contributed by atoms with Gasteiger partial charge in [-0.2, -0.15) is 0 Å². The number of amides is 3. The van der Waals surface area contributed by atoms with E-state index in [1.54, 1.807) is 14.7 Å². The number of fused-ring (bicyclic) bond motifs is 2. The molecule has 0 aliphatic carbocycles. The van der Waals surface area contributed by atoms with E-state index in [9.17, 15) is 19.5 Å². The molecule has 4 heterocycles. The topological polar surface area (TPSA) is 90.4 Å². The van der Waals surface area contributed by atoms with Gasteiger partial charge in [-0.3, -0.25) is 14.4 Å². The van der Waals surface area contributed by atoms with E-state index in [4.69, 9.17) is 4.74 Å². The first-order chi connectivity index (χ1) is 20.2. The van der Waals surface area contributed by atoms with Gasteiger partial charge in [0.05, 0.1) is 30.1 Å². The molecule has 0 aromatic heterocycles. The quantitative estimate of drug-likeness (QED) is 0.515. The molecule has 220 valence electrons. The second-order valence-electron chi connectivity index (χ2n) is 12.5. The van der Waals surface area contributed by atoms with Gasteiger partial charge in [-0.1, -0.05) is 86.7 Å². The van der Waals surface area contributed by atoms with Gasteiger partial charge < -0.3 is 24.5 Å². The van der Waals surface area contributed by atoms with Crippen LogP contribution in [0, 0.1) is 17.8 Å². The highest BCUT2D eigenvalue weighted by Gasteiger charge is 2.75. The molecule has 2 saturated heterocycles. The molecule has 8 heteroatoms. The van der Waals surface area contributed by atoms with Crippen LogP contribution in [0.25, 0.3) is 0 Å².